The quantitative estimate of drug-likeness (QED) is 0.771. The first-order valence-corrected chi connectivity index (χ1v) is 11.1. The van der Waals surface area contributed by atoms with Gasteiger partial charge in [0.25, 0.3) is 0 Å². The number of anilines is 2. The molecule has 2 N–H and O–H groups in total. The van der Waals surface area contributed by atoms with Gasteiger partial charge < -0.3 is 10.6 Å². The van der Waals surface area contributed by atoms with E-state index in [0.717, 1.165) is 4.90 Å². The lowest BCUT2D eigenvalue weighted by molar-refractivity contribution is -0.116. The summed E-state index contributed by atoms with van der Waals surface area (Å²) in [6.07, 6.45) is -0.271. The van der Waals surface area contributed by atoms with Crippen molar-refractivity contribution >= 4 is 44.8 Å². The number of halogens is 1. The van der Waals surface area contributed by atoms with Gasteiger partial charge in [0, 0.05) is 17.0 Å². The molecule has 0 bridgehead atoms. The number of amides is 2. The molecule has 0 aliphatic carbocycles. The van der Waals surface area contributed by atoms with Gasteiger partial charge in [-0.3, -0.25) is 9.59 Å². The Morgan fingerprint density at radius 1 is 1.25 bits per heavy atom. The van der Waals surface area contributed by atoms with Crippen LogP contribution in [0.25, 0.3) is 0 Å². The van der Waals surface area contributed by atoms with Crippen molar-refractivity contribution in [2.45, 2.75) is 35.3 Å². The SMILES string of the molecule is Cc1ccc(NC(=O)CCS(=O)(=O)c2ccc3c(c2)NC(=O)[C@H](C)S3)cc1F. The second kappa shape index (κ2) is 7.92. The molecule has 2 aromatic rings. The fourth-order valence-electron chi connectivity index (χ4n) is 2.62. The van der Waals surface area contributed by atoms with E-state index in [1.165, 1.54) is 36.0 Å². The van der Waals surface area contributed by atoms with Crippen LogP contribution in [0.1, 0.15) is 18.9 Å². The van der Waals surface area contributed by atoms with E-state index >= 15 is 0 Å². The molecule has 0 fully saturated rings. The summed E-state index contributed by atoms with van der Waals surface area (Å²) in [5.41, 5.74) is 1.18. The summed E-state index contributed by atoms with van der Waals surface area (Å²) in [6.45, 7) is 3.37. The van der Waals surface area contributed by atoms with Crippen LogP contribution in [0.4, 0.5) is 15.8 Å². The van der Waals surface area contributed by atoms with Gasteiger partial charge >= 0.3 is 0 Å². The lowest BCUT2D eigenvalue weighted by Crippen LogP contribution is -2.26. The van der Waals surface area contributed by atoms with Crippen LogP contribution in [-0.2, 0) is 19.4 Å². The predicted molar refractivity (Wildman–Crippen MR) is 107 cm³/mol. The molecule has 0 radical (unpaired) electrons. The number of sulfone groups is 1. The van der Waals surface area contributed by atoms with Crippen molar-refractivity contribution in [2.75, 3.05) is 16.4 Å². The van der Waals surface area contributed by atoms with Gasteiger partial charge in [-0.05, 0) is 49.7 Å². The van der Waals surface area contributed by atoms with Crippen molar-refractivity contribution in [3.05, 3.63) is 47.8 Å². The van der Waals surface area contributed by atoms with Crippen molar-refractivity contribution in [1.82, 2.24) is 0 Å². The number of fused-ring (bicyclic) bond motifs is 1. The number of hydrogen-bond donors (Lipinski definition) is 2. The van der Waals surface area contributed by atoms with Gasteiger partial charge in [-0.1, -0.05) is 6.07 Å². The minimum atomic E-state index is -3.72. The molecule has 0 spiro atoms. The summed E-state index contributed by atoms with van der Waals surface area (Å²) in [5.74, 6) is -1.56. The van der Waals surface area contributed by atoms with Crippen molar-refractivity contribution in [3.63, 3.8) is 0 Å². The van der Waals surface area contributed by atoms with Gasteiger partial charge in [-0.25, -0.2) is 12.8 Å². The fourth-order valence-corrected chi connectivity index (χ4v) is 4.81. The molecular formula is C19H19FN2O4S2. The number of carbonyl (C=O) groups is 2. The molecule has 0 saturated carbocycles. The molecule has 0 aromatic heterocycles. The smallest absolute Gasteiger partial charge is 0.237 e. The Balaban J connectivity index is 1.67. The van der Waals surface area contributed by atoms with Crippen molar-refractivity contribution in [2.24, 2.45) is 0 Å². The number of thioether (sulfide) groups is 1. The minimum absolute atomic E-state index is 0.0379. The third-order valence-electron chi connectivity index (χ3n) is 4.29. The highest BCUT2D eigenvalue weighted by molar-refractivity contribution is 8.01. The first kappa shape index (κ1) is 20.3. The first-order chi connectivity index (χ1) is 13.2. The van der Waals surface area contributed by atoms with Gasteiger partial charge in [0.1, 0.15) is 5.82 Å². The number of benzene rings is 2. The Bertz CT molecular complexity index is 1050. The monoisotopic (exact) mass is 422 g/mol. The molecule has 28 heavy (non-hydrogen) atoms. The molecule has 2 aromatic carbocycles. The number of nitrogens with one attached hydrogen (secondary N) is 2. The maximum Gasteiger partial charge on any atom is 0.237 e. The van der Waals surface area contributed by atoms with E-state index in [4.69, 9.17) is 0 Å². The second-order valence-corrected chi connectivity index (χ2v) is 9.98. The van der Waals surface area contributed by atoms with E-state index < -0.39 is 27.3 Å². The third-order valence-corrected chi connectivity index (χ3v) is 7.19. The lowest BCUT2D eigenvalue weighted by atomic mass is 10.2. The number of carbonyl (C=O) groups excluding carboxylic acids is 2. The van der Waals surface area contributed by atoms with Gasteiger partial charge in [0.05, 0.1) is 21.6 Å². The Kier molecular flexibility index (Phi) is 5.76. The van der Waals surface area contributed by atoms with Crippen LogP contribution >= 0.6 is 11.8 Å². The molecule has 1 aliphatic heterocycles. The van der Waals surface area contributed by atoms with Crippen LogP contribution in [-0.4, -0.2) is 31.2 Å². The summed E-state index contributed by atoms with van der Waals surface area (Å²) in [4.78, 5) is 24.7. The molecule has 0 unspecified atom stereocenters. The first-order valence-electron chi connectivity index (χ1n) is 8.56. The van der Waals surface area contributed by atoms with E-state index in [2.05, 4.69) is 10.6 Å². The summed E-state index contributed by atoms with van der Waals surface area (Å²) >= 11 is 1.36. The molecule has 1 heterocycles. The lowest BCUT2D eigenvalue weighted by Gasteiger charge is -2.21. The van der Waals surface area contributed by atoms with Gasteiger partial charge in [-0.15, -0.1) is 11.8 Å². The molecule has 9 heteroatoms. The summed E-state index contributed by atoms with van der Waals surface area (Å²) < 4.78 is 38.7. The fraction of sp³-hybridized carbons (Fsp3) is 0.263. The van der Waals surface area contributed by atoms with Gasteiger partial charge in [0.2, 0.25) is 11.8 Å². The topological polar surface area (TPSA) is 92.3 Å². The zero-order chi connectivity index (χ0) is 20.5. The van der Waals surface area contributed by atoms with Crippen LogP contribution in [0.15, 0.2) is 46.2 Å². The molecule has 1 aliphatic rings. The molecule has 1 atom stereocenters. The molecule has 6 nitrogen and oxygen atoms in total. The van der Waals surface area contributed by atoms with E-state index in [-0.39, 0.29) is 28.2 Å². The van der Waals surface area contributed by atoms with Crippen molar-refractivity contribution < 1.29 is 22.4 Å². The molecular weight excluding hydrogens is 403 g/mol. The number of aryl methyl sites for hydroxylation is 1. The largest absolute Gasteiger partial charge is 0.326 e. The zero-order valence-electron chi connectivity index (χ0n) is 15.3. The normalized spacial score (nSPS) is 16.2. The minimum Gasteiger partial charge on any atom is -0.326 e. The van der Waals surface area contributed by atoms with E-state index in [9.17, 15) is 22.4 Å². The Labute approximate surface area is 166 Å². The average Bonchev–Trinajstić information content (AvgIpc) is 2.64. The molecule has 3 rings (SSSR count). The van der Waals surface area contributed by atoms with E-state index in [1.807, 2.05) is 0 Å². The van der Waals surface area contributed by atoms with Crippen LogP contribution in [0, 0.1) is 12.7 Å². The van der Waals surface area contributed by atoms with Crippen LogP contribution < -0.4 is 10.6 Å². The average molecular weight is 423 g/mol. The van der Waals surface area contributed by atoms with Gasteiger partial charge in [0.15, 0.2) is 9.84 Å². The summed E-state index contributed by atoms with van der Waals surface area (Å²) in [6, 6.07) is 8.80. The Morgan fingerprint density at radius 3 is 2.71 bits per heavy atom. The van der Waals surface area contributed by atoms with Gasteiger partial charge in [-0.2, -0.15) is 0 Å². The second-order valence-electron chi connectivity index (χ2n) is 6.49. The molecule has 0 saturated heterocycles. The van der Waals surface area contributed by atoms with E-state index in [1.54, 1.807) is 26.0 Å². The van der Waals surface area contributed by atoms with Crippen LogP contribution in [0.3, 0.4) is 0 Å². The Hall–Kier alpha value is -2.39. The maximum absolute atomic E-state index is 13.5. The number of rotatable bonds is 5. The van der Waals surface area contributed by atoms with Crippen molar-refractivity contribution in [3.8, 4) is 0 Å². The molecule has 2 amide bonds. The molecule has 148 valence electrons. The van der Waals surface area contributed by atoms with Crippen LogP contribution in [0.2, 0.25) is 0 Å². The third kappa shape index (κ3) is 4.53. The highest BCUT2D eigenvalue weighted by Gasteiger charge is 2.25. The maximum atomic E-state index is 13.5. The van der Waals surface area contributed by atoms with Crippen molar-refractivity contribution in [1.29, 1.82) is 0 Å². The standard InChI is InChI=1S/C19H19FN2O4S2/c1-11-3-4-13(9-15(11)20)21-18(23)7-8-28(25,26)14-5-6-17-16(10-14)22-19(24)12(2)27-17/h3-6,9-10,12H,7-8H2,1-2H3,(H,21,23)(H,22,24)/t12-/m0/s1. The summed E-state index contributed by atoms with van der Waals surface area (Å²) in [7, 11) is -3.72. The Morgan fingerprint density at radius 2 is 2.00 bits per heavy atom. The zero-order valence-corrected chi connectivity index (χ0v) is 16.9. The van der Waals surface area contributed by atoms with E-state index in [0.29, 0.717) is 11.3 Å². The number of hydrogen-bond acceptors (Lipinski definition) is 5. The van der Waals surface area contributed by atoms with Crippen LogP contribution in [0.5, 0.6) is 0 Å². The highest BCUT2D eigenvalue weighted by Crippen LogP contribution is 2.36. The summed E-state index contributed by atoms with van der Waals surface area (Å²) in [5, 5.41) is 4.94. The highest BCUT2D eigenvalue weighted by atomic mass is 32.2. The predicted octanol–water partition coefficient (Wildman–Crippen LogP) is 3.37.